The van der Waals surface area contributed by atoms with Gasteiger partial charge in [0.25, 0.3) is 0 Å². The Bertz CT molecular complexity index is 1770. The van der Waals surface area contributed by atoms with E-state index in [2.05, 4.69) is 15.4 Å². The Balaban J connectivity index is 0.00000417. The molecule has 2 aromatic carbocycles. The number of carboxylic acids is 1. The monoisotopic (exact) mass is 632 g/mol. The van der Waals surface area contributed by atoms with Gasteiger partial charge in [-0.25, -0.2) is 0 Å². The molecule has 1 spiro atoms. The Labute approximate surface area is 288 Å². The number of hydrogen-bond acceptors (Lipinski definition) is 10. The summed E-state index contributed by atoms with van der Waals surface area (Å²) in [7, 11) is 1.81. The van der Waals surface area contributed by atoms with Crippen LogP contribution in [-0.2, 0) is 7.05 Å². The largest absolute Gasteiger partial charge is 1.00 e. The zero-order valence-electron chi connectivity index (χ0n) is 26.3. The topological polar surface area (TPSA) is 145 Å². The van der Waals surface area contributed by atoms with Crippen molar-refractivity contribution in [2.75, 3.05) is 26.3 Å². The van der Waals surface area contributed by atoms with Crippen LogP contribution < -0.4 is 54.2 Å². The molecule has 0 aliphatic carbocycles. The molecule has 0 unspecified atom stereocenters. The number of fused-ring (bicyclic) bond motifs is 1. The van der Waals surface area contributed by atoms with E-state index in [-0.39, 0.29) is 52.0 Å². The fraction of sp³-hybridized carbons (Fsp3) is 0.324. The number of carbonyl (C=O) groups is 3. The van der Waals surface area contributed by atoms with Gasteiger partial charge in [0, 0.05) is 60.7 Å². The molecule has 6 rings (SSSR count). The third-order valence-corrected chi connectivity index (χ3v) is 8.31. The minimum absolute atomic E-state index is 0. The van der Waals surface area contributed by atoms with Crippen molar-refractivity contribution in [1.82, 2.24) is 20.1 Å². The predicted molar refractivity (Wildman–Crippen MR) is 163 cm³/mol. The molecular formula is C34H33N4NaO7. The molecule has 1 N–H and O–H groups in total. The maximum Gasteiger partial charge on any atom is 1.00 e. The number of carboxylic acid groups (broad SMARTS) is 1. The van der Waals surface area contributed by atoms with E-state index < -0.39 is 23.3 Å². The van der Waals surface area contributed by atoms with Gasteiger partial charge in [-0.2, -0.15) is 5.10 Å². The fourth-order valence-corrected chi connectivity index (χ4v) is 6.24. The van der Waals surface area contributed by atoms with Gasteiger partial charge in [-0.1, -0.05) is 6.07 Å². The third kappa shape index (κ3) is 6.20. The van der Waals surface area contributed by atoms with Crippen LogP contribution in [0.25, 0.3) is 22.3 Å². The molecule has 4 aromatic rings. The summed E-state index contributed by atoms with van der Waals surface area (Å²) in [6.45, 7) is 5.58. The van der Waals surface area contributed by atoms with Crippen molar-refractivity contribution in [3.63, 3.8) is 0 Å². The molecule has 2 aliphatic rings. The Kier molecular flexibility index (Phi) is 9.97. The number of hydrogen-bond donors (Lipinski definition) is 1. The normalized spacial score (nSPS) is 16.6. The first-order valence-corrected chi connectivity index (χ1v) is 15.0. The molecule has 1 saturated heterocycles. The first-order valence-electron chi connectivity index (χ1n) is 15.0. The second kappa shape index (κ2) is 13.8. The Morgan fingerprint density at radius 3 is 2.28 bits per heavy atom. The molecule has 4 heterocycles. The van der Waals surface area contributed by atoms with Crippen LogP contribution in [0, 0.1) is 5.92 Å². The number of benzene rings is 2. The third-order valence-electron chi connectivity index (χ3n) is 8.31. The van der Waals surface area contributed by atoms with Crippen LogP contribution in [0.4, 0.5) is 0 Å². The average molecular weight is 633 g/mol. The van der Waals surface area contributed by atoms with E-state index in [1.165, 1.54) is 18.5 Å². The molecule has 0 amide bonds. The van der Waals surface area contributed by atoms with E-state index in [1.54, 1.807) is 41.2 Å². The summed E-state index contributed by atoms with van der Waals surface area (Å²) in [5, 5.41) is 19.0. The van der Waals surface area contributed by atoms with Gasteiger partial charge in [0.15, 0.2) is 11.6 Å². The maximum atomic E-state index is 14.6. The number of nitrogens with zero attached hydrogens (tertiary/aromatic N) is 3. The minimum atomic E-state index is -1.35. The first kappa shape index (κ1) is 33.3. The number of aryl methyl sites for hydroxylation is 1. The van der Waals surface area contributed by atoms with E-state index >= 15 is 0 Å². The van der Waals surface area contributed by atoms with Crippen molar-refractivity contribution in [3.05, 3.63) is 77.9 Å². The first-order chi connectivity index (χ1) is 21.7. The number of aromatic nitrogens is 3. The average Bonchev–Trinajstić information content (AvgIpc) is 3.47. The van der Waals surface area contributed by atoms with Gasteiger partial charge in [0.05, 0.1) is 36.5 Å². The number of pyridine rings is 1. The zero-order valence-corrected chi connectivity index (χ0v) is 28.3. The maximum absolute atomic E-state index is 14.6. The van der Waals surface area contributed by atoms with Crippen LogP contribution in [0.15, 0.2) is 61.2 Å². The van der Waals surface area contributed by atoms with Gasteiger partial charge in [-0.3, -0.25) is 19.3 Å². The Hall–Kier alpha value is -4.03. The SMILES string of the molecule is CCOc1cc(C(=O)[C@@H]2C(=O)c3cc(-c4cncc(C(=O)[O-])c4)ccc3OC23CCNCC3)cc(OCC)c1-c1cnn(C)c1.[Na+]. The Morgan fingerprint density at radius 1 is 0.978 bits per heavy atom. The summed E-state index contributed by atoms with van der Waals surface area (Å²) in [5.74, 6) is -1.95. The van der Waals surface area contributed by atoms with Crippen molar-refractivity contribution in [2.45, 2.75) is 32.3 Å². The summed E-state index contributed by atoms with van der Waals surface area (Å²) in [6.07, 6.45) is 7.17. The van der Waals surface area contributed by atoms with Gasteiger partial charge in [-0.05, 0) is 62.8 Å². The van der Waals surface area contributed by atoms with Gasteiger partial charge >= 0.3 is 29.6 Å². The molecular weight excluding hydrogens is 599 g/mol. The smallest absolute Gasteiger partial charge is 0.545 e. The standard InChI is InChI=1S/C34H34N4O7.Na/c1-4-43-27-14-21(15-28(44-5-2)29(27)24-18-37-38(3)19-24)31(39)30-32(40)25-13-20(22-12-23(33(41)42)17-36-16-22)6-7-26(25)45-34(30)8-10-35-11-9-34;/h6-7,12-19,30,35H,4-5,8-11H2,1-3H3,(H,41,42);/q;+1/p-1/t30-;/m1./s1. The number of nitrogens with one attached hydrogen (secondary N) is 1. The van der Waals surface area contributed by atoms with E-state index in [4.69, 9.17) is 14.2 Å². The number of aromatic carboxylic acids is 1. The molecule has 46 heavy (non-hydrogen) atoms. The molecule has 0 radical (unpaired) electrons. The number of rotatable bonds is 9. The van der Waals surface area contributed by atoms with Crippen molar-refractivity contribution < 1.29 is 63.3 Å². The number of ether oxygens (including phenoxy) is 3. The zero-order chi connectivity index (χ0) is 31.7. The minimum Gasteiger partial charge on any atom is -0.545 e. The summed E-state index contributed by atoms with van der Waals surface area (Å²) in [4.78, 5) is 44.5. The number of carbonyl (C=O) groups excluding carboxylic acids is 3. The summed E-state index contributed by atoms with van der Waals surface area (Å²) in [5.41, 5.74) is 1.89. The van der Waals surface area contributed by atoms with Crippen LogP contribution in [0.1, 0.15) is 57.8 Å². The van der Waals surface area contributed by atoms with Crippen LogP contribution in [0.5, 0.6) is 17.2 Å². The number of piperidine rings is 1. The van der Waals surface area contributed by atoms with Crippen LogP contribution in [0.3, 0.4) is 0 Å². The van der Waals surface area contributed by atoms with Crippen molar-refractivity contribution in [1.29, 1.82) is 0 Å². The van der Waals surface area contributed by atoms with E-state index in [0.717, 1.165) is 5.56 Å². The molecule has 232 valence electrons. The van der Waals surface area contributed by atoms with Crippen LogP contribution >= 0.6 is 0 Å². The molecule has 0 saturated carbocycles. The van der Waals surface area contributed by atoms with Crippen molar-refractivity contribution in [3.8, 4) is 39.5 Å². The summed E-state index contributed by atoms with van der Waals surface area (Å²) < 4.78 is 20.4. The molecule has 2 aromatic heterocycles. The fourth-order valence-electron chi connectivity index (χ4n) is 6.24. The van der Waals surface area contributed by atoms with Crippen LogP contribution in [-0.4, -0.2) is 64.2 Å². The van der Waals surface area contributed by atoms with Gasteiger partial charge < -0.3 is 29.4 Å². The van der Waals surface area contributed by atoms with Gasteiger partial charge in [0.1, 0.15) is 28.8 Å². The predicted octanol–water partition coefficient (Wildman–Crippen LogP) is 0.510. The molecule has 0 bridgehead atoms. The van der Waals surface area contributed by atoms with E-state index in [9.17, 15) is 19.5 Å². The van der Waals surface area contributed by atoms with Crippen LogP contribution in [0.2, 0.25) is 0 Å². The van der Waals surface area contributed by atoms with E-state index in [0.29, 0.717) is 73.1 Å². The molecule has 1 fully saturated rings. The Morgan fingerprint density at radius 2 is 1.67 bits per heavy atom. The molecule has 2 aliphatic heterocycles. The van der Waals surface area contributed by atoms with Gasteiger partial charge in [0.2, 0.25) is 0 Å². The summed E-state index contributed by atoms with van der Waals surface area (Å²) >= 11 is 0. The molecule has 1 atom stereocenters. The van der Waals surface area contributed by atoms with E-state index in [1.807, 2.05) is 27.1 Å². The molecule has 11 nitrogen and oxygen atoms in total. The van der Waals surface area contributed by atoms with Crippen molar-refractivity contribution in [2.24, 2.45) is 13.0 Å². The summed E-state index contributed by atoms with van der Waals surface area (Å²) in [6, 6.07) is 9.85. The van der Waals surface area contributed by atoms with Crippen molar-refractivity contribution >= 4 is 17.5 Å². The second-order valence-electron chi connectivity index (χ2n) is 11.2. The second-order valence-corrected chi connectivity index (χ2v) is 11.2. The number of Topliss-reactive ketones (excluding diaryl/α,β-unsaturated/α-hetero) is 2. The van der Waals surface area contributed by atoms with Gasteiger partial charge in [-0.15, -0.1) is 0 Å². The molecule has 12 heteroatoms. The number of ketones is 2. The quantitative estimate of drug-likeness (QED) is 0.157.